The van der Waals surface area contributed by atoms with Gasteiger partial charge >= 0.3 is 0 Å². The second kappa shape index (κ2) is 4.84. The van der Waals surface area contributed by atoms with E-state index in [4.69, 9.17) is 0 Å². The van der Waals surface area contributed by atoms with E-state index in [2.05, 4.69) is 64.4 Å². The van der Waals surface area contributed by atoms with Gasteiger partial charge in [-0.2, -0.15) is 0 Å². The summed E-state index contributed by atoms with van der Waals surface area (Å²) < 4.78 is 0. The highest BCUT2D eigenvalue weighted by Gasteiger charge is 2.07. The van der Waals surface area contributed by atoms with Crippen LogP contribution in [0, 0.1) is 13.8 Å². The topological polar surface area (TPSA) is 53.6 Å². The molecule has 2 heterocycles. The minimum Gasteiger partial charge on any atom is -0.361 e. The smallest absolute Gasteiger partial charge is 0.141 e. The highest BCUT2D eigenvalue weighted by Crippen LogP contribution is 2.27. The van der Waals surface area contributed by atoms with E-state index in [0.717, 1.165) is 27.9 Å². The van der Waals surface area contributed by atoms with Crippen LogP contribution in [-0.2, 0) is 0 Å². The average Bonchev–Trinajstić information content (AvgIpc) is 2.97. The number of aryl methyl sites for hydroxylation is 2. The summed E-state index contributed by atoms with van der Waals surface area (Å²) in [7, 11) is 0. The molecule has 4 nitrogen and oxygen atoms in total. The van der Waals surface area contributed by atoms with Crippen LogP contribution in [0.4, 0.5) is 11.5 Å². The van der Waals surface area contributed by atoms with Crippen molar-refractivity contribution in [2.75, 3.05) is 5.32 Å². The van der Waals surface area contributed by atoms with Gasteiger partial charge in [-0.25, -0.2) is 9.97 Å². The highest BCUT2D eigenvalue weighted by atomic mass is 15.0. The van der Waals surface area contributed by atoms with Crippen molar-refractivity contribution in [3.63, 3.8) is 0 Å². The van der Waals surface area contributed by atoms with Gasteiger partial charge in [0, 0.05) is 28.2 Å². The number of H-pyrrole nitrogens is 1. The van der Waals surface area contributed by atoms with E-state index in [9.17, 15) is 0 Å². The van der Waals surface area contributed by atoms with Gasteiger partial charge in [-0.15, -0.1) is 0 Å². The summed E-state index contributed by atoms with van der Waals surface area (Å²) in [4.78, 5) is 12.0. The summed E-state index contributed by atoms with van der Waals surface area (Å²) in [6, 6.07) is 12.5. The van der Waals surface area contributed by atoms with Crippen LogP contribution >= 0.6 is 0 Å². The number of anilines is 2. The van der Waals surface area contributed by atoms with Crippen molar-refractivity contribution >= 4 is 33.3 Å². The van der Waals surface area contributed by atoms with Crippen LogP contribution in [0.3, 0.4) is 0 Å². The van der Waals surface area contributed by atoms with E-state index in [-0.39, 0.29) is 0 Å². The Kier molecular flexibility index (Phi) is 2.82. The SMILES string of the molecule is Cc1cc2ncnc(Nc3ccc4[nH]ccc4c3)c2cc1C. The van der Waals surface area contributed by atoms with Gasteiger partial charge in [0.2, 0.25) is 0 Å². The molecule has 2 aromatic carbocycles. The van der Waals surface area contributed by atoms with Gasteiger partial charge < -0.3 is 10.3 Å². The van der Waals surface area contributed by atoms with E-state index >= 15 is 0 Å². The summed E-state index contributed by atoms with van der Waals surface area (Å²) in [6.45, 7) is 4.21. The Morgan fingerprint density at radius 3 is 2.73 bits per heavy atom. The third-order valence-electron chi connectivity index (χ3n) is 4.07. The molecule has 0 aliphatic heterocycles. The zero-order chi connectivity index (χ0) is 15.1. The molecule has 4 rings (SSSR count). The number of hydrogen-bond donors (Lipinski definition) is 2. The second-order valence-electron chi connectivity index (χ2n) is 5.58. The third-order valence-corrected chi connectivity index (χ3v) is 4.07. The molecule has 0 amide bonds. The van der Waals surface area contributed by atoms with Crippen LogP contribution in [-0.4, -0.2) is 15.0 Å². The Morgan fingerprint density at radius 2 is 1.82 bits per heavy atom. The number of rotatable bonds is 2. The van der Waals surface area contributed by atoms with E-state index < -0.39 is 0 Å². The van der Waals surface area contributed by atoms with E-state index in [1.807, 2.05) is 12.3 Å². The molecule has 0 unspecified atom stereocenters. The molecule has 0 saturated heterocycles. The number of nitrogens with zero attached hydrogens (tertiary/aromatic N) is 2. The van der Waals surface area contributed by atoms with Gasteiger partial charge in [-0.3, -0.25) is 0 Å². The average molecular weight is 288 g/mol. The monoisotopic (exact) mass is 288 g/mol. The Bertz CT molecular complexity index is 985. The Morgan fingerprint density at radius 1 is 0.955 bits per heavy atom. The standard InChI is InChI=1S/C18H16N4/c1-11-7-15-17(8-12(11)2)20-10-21-18(15)22-14-3-4-16-13(9-14)5-6-19-16/h3-10,19H,1-2H3,(H,20,21,22). The van der Waals surface area contributed by atoms with E-state index in [1.54, 1.807) is 6.33 Å². The van der Waals surface area contributed by atoms with Gasteiger partial charge in [-0.1, -0.05) is 0 Å². The molecule has 108 valence electrons. The molecule has 2 N–H and O–H groups in total. The van der Waals surface area contributed by atoms with Crippen molar-refractivity contribution in [1.29, 1.82) is 0 Å². The molecule has 0 fully saturated rings. The van der Waals surface area contributed by atoms with Crippen LogP contribution in [0.15, 0.2) is 48.9 Å². The van der Waals surface area contributed by atoms with Crippen LogP contribution in [0.5, 0.6) is 0 Å². The van der Waals surface area contributed by atoms with Crippen molar-refractivity contribution in [3.8, 4) is 0 Å². The summed E-state index contributed by atoms with van der Waals surface area (Å²) in [6.07, 6.45) is 3.55. The number of aromatic nitrogens is 3. The number of hydrogen-bond acceptors (Lipinski definition) is 3. The van der Waals surface area contributed by atoms with Crippen molar-refractivity contribution in [2.24, 2.45) is 0 Å². The number of aromatic amines is 1. The zero-order valence-electron chi connectivity index (χ0n) is 12.5. The lowest BCUT2D eigenvalue weighted by Crippen LogP contribution is -1.97. The first kappa shape index (κ1) is 12.8. The predicted octanol–water partition coefficient (Wildman–Crippen LogP) is 4.47. The Labute approximate surface area is 128 Å². The molecule has 0 saturated carbocycles. The highest BCUT2D eigenvalue weighted by molar-refractivity contribution is 5.92. The molecule has 2 aromatic heterocycles. The second-order valence-corrected chi connectivity index (χ2v) is 5.58. The van der Waals surface area contributed by atoms with Gasteiger partial charge in [0.25, 0.3) is 0 Å². The summed E-state index contributed by atoms with van der Waals surface area (Å²) in [5, 5.41) is 5.63. The minimum atomic E-state index is 0.836. The van der Waals surface area contributed by atoms with Crippen LogP contribution in [0.1, 0.15) is 11.1 Å². The molecule has 0 radical (unpaired) electrons. The van der Waals surface area contributed by atoms with Crippen molar-refractivity contribution in [2.45, 2.75) is 13.8 Å². The van der Waals surface area contributed by atoms with E-state index in [0.29, 0.717) is 0 Å². The first-order valence-corrected chi connectivity index (χ1v) is 7.27. The maximum absolute atomic E-state index is 4.41. The summed E-state index contributed by atoms with van der Waals surface area (Å²) in [5.41, 5.74) is 5.59. The number of nitrogens with one attached hydrogen (secondary N) is 2. The Hall–Kier alpha value is -2.88. The first-order chi connectivity index (χ1) is 10.7. The van der Waals surface area contributed by atoms with E-state index in [1.165, 1.54) is 16.5 Å². The lowest BCUT2D eigenvalue weighted by atomic mass is 10.1. The van der Waals surface area contributed by atoms with Crippen LogP contribution < -0.4 is 5.32 Å². The molecule has 0 aliphatic carbocycles. The number of fused-ring (bicyclic) bond motifs is 2. The van der Waals surface area contributed by atoms with Gasteiger partial charge in [0.15, 0.2) is 0 Å². The molecule has 0 bridgehead atoms. The maximum atomic E-state index is 4.41. The van der Waals surface area contributed by atoms with Crippen molar-refractivity contribution in [3.05, 3.63) is 60.0 Å². The van der Waals surface area contributed by atoms with Gasteiger partial charge in [0.05, 0.1) is 5.52 Å². The fourth-order valence-electron chi connectivity index (χ4n) is 2.68. The summed E-state index contributed by atoms with van der Waals surface area (Å²) >= 11 is 0. The van der Waals surface area contributed by atoms with Gasteiger partial charge in [0.1, 0.15) is 12.1 Å². The lowest BCUT2D eigenvalue weighted by molar-refractivity contribution is 1.21. The largest absolute Gasteiger partial charge is 0.361 e. The molecular weight excluding hydrogens is 272 g/mol. The maximum Gasteiger partial charge on any atom is 0.141 e. The van der Waals surface area contributed by atoms with Crippen LogP contribution in [0.25, 0.3) is 21.8 Å². The molecule has 0 atom stereocenters. The Balaban J connectivity index is 1.81. The molecular formula is C18H16N4. The molecule has 4 heteroatoms. The quantitative estimate of drug-likeness (QED) is 0.572. The third kappa shape index (κ3) is 2.09. The van der Waals surface area contributed by atoms with Crippen molar-refractivity contribution in [1.82, 2.24) is 15.0 Å². The number of benzene rings is 2. The molecule has 0 aliphatic rings. The van der Waals surface area contributed by atoms with Crippen LogP contribution in [0.2, 0.25) is 0 Å². The first-order valence-electron chi connectivity index (χ1n) is 7.27. The van der Waals surface area contributed by atoms with Crippen molar-refractivity contribution < 1.29 is 0 Å². The predicted molar refractivity (Wildman–Crippen MR) is 90.6 cm³/mol. The summed E-state index contributed by atoms with van der Waals surface area (Å²) in [5.74, 6) is 0.836. The fraction of sp³-hybridized carbons (Fsp3) is 0.111. The minimum absolute atomic E-state index is 0.836. The zero-order valence-corrected chi connectivity index (χ0v) is 12.5. The fourth-order valence-corrected chi connectivity index (χ4v) is 2.68. The molecule has 4 aromatic rings. The lowest BCUT2D eigenvalue weighted by Gasteiger charge is -2.10. The molecule has 22 heavy (non-hydrogen) atoms. The normalized spacial score (nSPS) is 11.2. The molecule has 0 spiro atoms. The van der Waals surface area contributed by atoms with Gasteiger partial charge in [-0.05, 0) is 61.4 Å².